The molecule has 0 saturated carbocycles. The Bertz CT molecular complexity index is 1190. The van der Waals surface area contributed by atoms with Crippen molar-refractivity contribution in [1.29, 1.82) is 0 Å². The largest absolute Gasteiger partial charge is 0.378 e. The molecule has 7 heteroatoms. The Kier molecular flexibility index (Phi) is 4.80. The minimum Gasteiger partial charge on any atom is -0.378 e. The number of ether oxygens (including phenoxy) is 1. The van der Waals surface area contributed by atoms with Crippen molar-refractivity contribution >= 4 is 16.9 Å². The highest BCUT2D eigenvalue weighted by Crippen LogP contribution is 2.29. The predicted molar refractivity (Wildman–Crippen MR) is 111 cm³/mol. The molecule has 150 valence electrons. The summed E-state index contributed by atoms with van der Waals surface area (Å²) in [5, 5.41) is 0. The number of morpholine rings is 1. The first-order valence-corrected chi connectivity index (χ1v) is 9.71. The number of aromatic nitrogens is 3. The molecule has 3 heterocycles. The molecule has 0 spiro atoms. The second-order valence-corrected chi connectivity index (χ2v) is 7.05. The minimum atomic E-state index is -0.307. The maximum atomic E-state index is 13.4. The van der Waals surface area contributed by atoms with Crippen LogP contribution in [0, 0.1) is 11.6 Å². The lowest BCUT2D eigenvalue weighted by atomic mass is 10.1. The Morgan fingerprint density at radius 2 is 1.33 bits per heavy atom. The van der Waals surface area contributed by atoms with E-state index < -0.39 is 0 Å². The normalized spacial score (nSPS) is 14.3. The number of fused-ring (bicyclic) bond motifs is 1. The molecule has 1 fully saturated rings. The first-order valence-electron chi connectivity index (χ1n) is 9.71. The second-order valence-electron chi connectivity index (χ2n) is 7.05. The SMILES string of the molecule is Fc1ccc(-c2ccc3nc(-c4ccc(F)cc4)nc(N4CCOCC4)c3n2)cc1. The van der Waals surface area contributed by atoms with E-state index in [1.165, 1.54) is 24.3 Å². The van der Waals surface area contributed by atoms with Gasteiger partial charge in [0, 0.05) is 24.2 Å². The molecule has 2 aromatic heterocycles. The monoisotopic (exact) mass is 404 g/mol. The third kappa shape index (κ3) is 3.59. The van der Waals surface area contributed by atoms with Gasteiger partial charge in [-0.25, -0.2) is 23.7 Å². The van der Waals surface area contributed by atoms with Crippen molar-refractivity contribution in [3.05, 3.63) is 72.3 Å². The number of rotatable bonds is 3. The van der Waals surface area contributed by atoms with Crippen LogP contribution < -0.4 is 4.90 Å². The molecular formula is C23H18F2N4O. The molecule has 0 unspecified atom stereocenters. The van der Waals surface area contributed by atoms with Gasteiger partial charge in [0.05, 0.1) is 24.4 Å². The fourth-order valence-electron chi connectivity index (χ4n) is 3.50. The van der Waals surface area contributed by atoms with E-state index in [1.807, 2.05) is 12.1 Å². The lowest BCUT2D eigenvalue weighted by Crippen LogP contribution is -2.37. The molecule has 5 nitrogen and oxygen atoms in total. The third-order valence-electron chi connectivity index (χ3n) is 5.08. The lowest BCUT2D eigenvalue weighted by molar-refractivity contribution is 0.122. The molecule has 1 aliphatic heterocycles. The van der Waals surface area contributed by atoms with Gasteiger partial charge in [0.2, 0.25) is 0 Å². The zero-order valence-corrected chi connectivity index (χ0v) is 16.1. The van der Waals surface area contributed by atoms with E-state index in [0.29, 0.717) is 49.0 Å². The van der Waals surface area contributed by atoms with Crippen LogP contribution in [-0.2, 0) is 4.74 Å². The van der Waals surface area contributed by atoms with Crippen LogP contribution >= 0.6 is 0 Å². The molecule has 4 aromatic rings. The van der Waals surface area contributed by atoms with Gasteiger partial charge in [-0.2, -0.15) is 0 Å². The van der Waals surface area contributed by atoms with Gasteiger partial charge in [0.1, 0.15) is 17.2 Å². The van der Waals surface area contributed by atoms with E-state index in [0.717, 1.165) is 16.8 Å². The van der Waals surface area contributed by atoms with Crippen molar-refractivity contribution in [2.45, 2.75) is 0 Å². The first-order chi connectivity index (χ1) is 14.7. The van der Waals surface area contributed by atoms with Gasteiger partial charge >= 0.3 is 0 Å². The Morgan fingerprint density at radius 3 is 2.00 bits per heavy atom. The van der Waals surface area contributed by atoms with Crippen molar-refractivity contribution in [3.8, 4) is 22.6 Å². The topological polar surface area (TPSA) is 51.1 Å². The van der Waals surface area contributed by atoms with Gasteiger partial charge in [0.15, 0.2) is 11.6 Å². The van der Waals surface area contributed by atoms with Crippen LogP contribution in [0.15, 0.2) is 60.7 Å². The highest BCUT2D eigenvalue weighted by Gasteiger charge is 2.19. The molecule has 0 bridgehead atoms. The Labute approximate surface area is 172 Å². The van der Waals surface area contributed by atoms with Gasteiger partial charge < -0.3 is 9.64 Å². The van der Waals surface area contributed by atoms with Gasteiger partial charge in [-0.1, -0.05) is 0 Å². The van der Waals surface area contributed by atoms with Crippen molar-refractivity contribution in [3.63, 3.8) is 0 Å². The number of hydrogen-bond donors (Lipinski definition) is 0. The average Bonchev–Trinajstić information content (AvgIpc) is 2.79. The fraction of sp³-hybridized carbons (Fsp3) is 0.174. The summed E-state index contributed by atoms with van der Waals surface area (Å²) in [6.45, 7) is 2.60. The van der Waals surface area contributed by atoms with Crippen LogP contribution in [0.1, 0.15) is 0 Å². The molecule has 5 rings (SSSR count). The summed E-state index contributed by atoms with van der Waals surface area (Å²) < 4.78 is 32.2. The van der Waals surface area contributed by atoms with Gasteiger partial charge in [-0.15, -0.1) is 0 Å². The van der Waals surface area contributed by atoms with E-state index in [9.17, 15) is 8.78 Å². The van der Waals surface area contributed by atoms with Crippen LogP contribution in [0.3, 0.4) is 0 Å². The number of pyridine rings is 1. The van der Waals surface area contributed by atoms with Crippen LogP contribution in [0.4, 0.5) is 14.6 Å². The summed E-state index contributed by atoms with van der Waals surface area (Å²) in [4.78, 5) is 16.4. The summed E-state index contributed by atoms with van der Waals surface area (Å²) >= 11 is 0. The number of hydrogen-bond acceptors (Lipinski definition) is 5. The summed E-state index contributed by atoms with van der Waals surface area (Å²) in [5.41, 5.74) is 3.63. The molecule has 30 heavy (non-hydrogen) atoms. The van der Waals surface area contributed by atoms with E-state index in [-0.39, 0.29) is 11.6 Å². The number of benzene rings is 2. The van der Waals surface area contributed by atoms with Gasteiger partial charge in [-0.3, -0.25) is 0 Å². The molecule has 1 saturated heterocycles. The van der Waals surface area contributed by atoms with Crippen LogP contribution in [0.2, 0.25) is 0 Å². The van der Waals surface area contributed by atoms with Crippen molar-refractivity contribution in [2.75, 3.05) is 31.2 Å². The van der Waals surface area contributed by atoms with Gasteiger partial charge in [0.25, 0.3) is 0 Å². The summed E-state index contributed by atoms with van der Waals surface area (Å²) in [5.74, 6) is 0.631. The molecular weight excluding hydrogens is 386 g/mol. The lowest BCUT2D eigenvalue weighted by Gasteiger charge is -2.28. The van der Waals surface area contributed by atoms with Crippen molar-refractivity contribution in [2.24, 2.45) is 0 Å². The highest BCUT2D eigenvalue weighted by atomic mass is 19.1. The molecule has 0 atom stereocenters. The predicted octanol–water partition coefficient (Wildman–Crippen LogP) is 4.47. The van der Waals surface area contributed by atoms with Crippen LogP contribution in [-0.4, -0.2) is 41.3 Å². The average molecular weight is 404 g/mol. The zero-order chi connectivity index (χ0) is 20.5. The Morgan fingerprint density at radius 1 is 0.700 bits per heavy atom. The van der Waals surface area contributed by atoms with Crippen molar-refractivity contribution < 1.29 is 13.5 Å². The van der Waals surface area contributed by atoms with E-state index in [2.05, 4.69) is 9.88 Å². The summed E-state index contributed by atoms with van der Waals surface area (Å²) in [6, 6.07) is 16.1. The second kappa shape index (κ2) is 7.76. The number of halogens is 2. The highest BCUT2D eigenvalue weighted by molar-refractivity contribution is 5.89. The van der Waals surface area contributed by atoms with Crippen LogP contribution in [0.25, 0.3) is 33.7 Å². The number of nitrogens with zero attached hydrogens (tertiary/aromatic N) is 4. The van der Waals surface area contributed by atoms with Gasteiger partial charge in [-0.05, 0) is 60.7 Å². The first kappa shape index (κ1) is 18.6. The molecule has 0 N–H and O–H groups in total. The van der Waals surface area contributed by atoms with Crippen molar-refractivity contribution in [1.82, 2.24) is 15.0 Å². The molecule has 0 radical (unpaired) electrons. The van der Waals surface area contributed by atoms with Crippen LogP contribution in [0.5, 0.6) is 0 Å². The standard InChI is InChI=1S/C23H18F2N4O/c24-17-5-1-15(2-6-17)19-9-10-20-21(26-19)23(29-11-13-30-14-12-29)28-22(27-20)16-3-7-18(25)8-4-16/h1-10H,11-14H2. The van der Waals surface area contributed by atoms with E-state index in [4.69, 9.17) is 14.7 Å². The zero-order valence-electron chi connectivity index (χ0n) is 16.1. The fourth-order valence-corrected chi connectivity index (χ4v) is 3.50. The minimum absolute atomic E-state index is 0.291. The molecule has 0 amide bonds. The Balaban J connectivity index is 1.67. The summed E-state index contributed by atoms with van der Waals surface area (Å²) in [6.07, 6.45) is 0. The third-order valence-corrected chi connectivity index (χ3v) is 5.08. The molecule has 2 aromatic carbocycles. The smallest absolute Gasteiger partial charge is 0.162 e. The Hall–Kier alpha value is -3.45. The maximum absolute atomic E-state index is 13.4. The maximum Gasteiger partial charge on any atom is 0.162 e. The molecule has 1 aliphatic rings. The molecule has 0 aliphatic carbocycles. The number of anilines is 1. The summed E-state index contributed by atoms with van der Waals surface area (Å²) in [7, 11) is 0. The van der Waals surface area contributed by atoms with E-state index in [1.54, 1.807) is 24.3 Å². The quantitative estimate of drug-likeness (QED) is 0.504. The van der Waals surface area contributed by atoms with E-state index >= 15 is 0 Å².